The number of nitrogens with zero attached hydrogens (tertiary/aromatic N) is 2. The molecule has 0 saturated heterocycles. The third-order valence-corrected chi connectivity index (χ3v) is 11.3. The van der Waals surface area contributed by atoms with Crippen LogP contribution in [0.5, 0.6) is 0 Å². The van der Waals surface area contributed by atoms with Gasteiger partial charge in [-0.3, -0.25) is 15.3 Å². The fraction of sp³-hybridized carbons (Fsp3) is 0.224. The summed E-state index contributed by atoms with van der Waals surface area (Å²) >= 11 is 5.98. The first-order valence-corrected chi connectivity index (χ1v) is 20.1. The standard InChI is InChI=1S/C49H46ClF5N4O2/c1-31-15-20-41(27-33(31)3)58(26-24-37-29-39(49(53,54)55)18-22-43(37)51)47(61)48(56,38-13-9-6-10-14-38)59(42-21-16-32(2)34(4)28-42)45(36-11-7-5-8-12-36)46(60)57-25-23-35-17-19-40(50)30-44(35)52/h5-22,27-30,45H,23-26,56H2,1-4H3,(H,57,60)/t45-,48-/m0/s1. The molecule has 0 saturated carbocycles. The zero-order valence-corrected chi connectivity index (χ0v) is 34.9. The number of aryl methyl sites for hydroxylation is 4. The Balaban J connectivity index is 1.55. The fourth-order valence-electron chi connectivity index (χ4n) is 7.31. The van der Waals surface area contributed by atoms with Crippen molar-refractivity contribution >= 4 is 34.8 Å². The Labute approximate surface area is 357 Å². The van der Waals surface area contributed by atoms with Crippen LogP contribution in [0.4, 0.5) is 33.3 Å². The second kappa shape index (κ2) is 18.7. The van der Waals surface area contributed by atoms with Crippen molar-refractivity contribution in [3.8, 4) is 0 Å². The molecular formula is C49H46ClF5N4O2. The summed E-state index contributed by atoms with van der Waals surface area (Å²) in [5, 5.41) is 3.20. The number of halogens is 6. The molecule has 0 unspecified atom stereocenters. The normalized spacial score (nSPS) is 13.0. The summed E-state index contributed by atoms with van der Waals surface area (Å²) in [6.45, 7) is 7.28. The number of hydrogen-bond donors (Lipinski definition) is 2. The lowest BCUT2D eigenvalue weighted by atomic mass is 9.90. The fourth-order valence-corrected chi connectivity index (χ4v) is 7.46. The average molecular weight is 853 g/mol. The third kappa shape index (κ3) is 9.96. The van der Waals surface area contributed by atoms with E-state index in [1.807, 2.05) is 39.8 Å². The van der Waals surface area contributed by atoms with Crippen molar-refractivity contribution in [2.45, 2.75) is 58.4 Å². The Morgan fingerprint density at radius 3 is 1.87 bits per heavy atom. The van der Waals surface area contributed by atoms with Crippen molar-refractivity contribution < 1.29 is 31.5 Å². The highest BCUT2D eigenvalue weighted by atomic mass is 35.5. The molecule has 3 N–H and O–H groups in total. The Morgan fingerprint density at radius 1 is 0.656 bits per heavy atom. The number of anilines is 2. The molecule has 0 fully saturated rings. The van der Waals surface area contributed by atoms with Gasteiger partial charge in [0.2, 0.25) is 5.91 Å². The zero-order valence-electron chi connectivity index (χ0n) is 34.2. The molecule has 0 heterocycles. The Morgan fingerprint density at radius 2 is 1.26 bits per heavy atom. The van der Waals surface area contributed by atoms with Crippen LogP contribution in [0.15, 0.2) is 133 Å². The van der Waals surface area contributed by atoms with Crippen LogP contribution in [0, 0.1) is 39.3 Å². The van der Waals surface area contributed by atoms with Crippen LogP contribution >= 0.6 is 11.6 Å². The summed E-state index contributed by atoms with van der Waals surface area (Å²) in [4.78, 5) is 33.8. The smallest absolute Gasteiger partial charge is 0.354 e. The monoisotopic (exact) mass is 852 g/mol. The molecule has 2 atom stereocenters. The van der Waals surface area contributed by atoms with E-state index in [1.165, 1.54) is 11.0 Å². The summed E-state index contributed by atoms with van der Waals surface area (Å²) in [7, 11) is 0. The number of carbonyl (C=O) groups is 2. The van der Waals surface area contributed by atoms with E-state index >= 15 is 9.18 Å². The highest BCUT2D eigenvalue weighted by Gasteiger charge is 2.50. The zero-order chi connectivity index (χ0) is 44.1. The maximum absolute atomic E-state index is 16.0. The molecule has 6 aromatic rings. The minimum absolute atomic E-state index is 0.00958. The second-order valence-electron chi connectivity index (χ2n) is 15.1. The molecule has 2 amide bonds. The maximum Gasteiger partial charge on any atom is 0.416 e. The topological polar surface area (TPSA) is 78.7 Å². The number of benzene rings is 6. The molecular weight excluding hydrogens is 807 g/mol. The number of nitrogens with two attached hydrogens (primary N) is 1. The Kier molecular flexibility index (Phi) is 13.6. The maximum atomic E-state index is 16.0. The molecule has 61 heavy (non-hydrogen) atoms. The van der Waals surface area contributed by atoms with Crippen molar-refractivity contribution in [2.75, 3.05) is 22.9 Å². The minimum atomic E-state index is -4.73. The van der Waals surface area contributed by atoms with Crippen molar-refractivity contribution in [2.24, 2.45) is 5.73 Å². The first-order chi connectivity index (χ1) is 29.0. The van der Waals surface area contributed by atoms with E-state index in [4.69, 9.17) is 17.3 Å². The Bertz CT molecular complexity index is 2520. The van der Waals surface area contributed by atoms with E-state index in [2.05, 4.69) is 5.32 Å². The lowest BCUT2D eigenvalue weighted by Crippen LogP contribution is -2.66. The van der Waals surface area contributed by atoms with Gasteiger partial charge in [0.1, 0.15) is 17.7 Å². The molecule has 0 aliphatic carbocycles. The van der Waals surface area contributed by atoms with E-state index in [9.17, 15) is 22.4 Å². The van der Waals surface area contributed by atoms with E-state index in [1.54, 1.807) is 102 Å². The van der Waals surface area contributed by atoms with Gasteiger partial charge >= 0.3 is 6.18 Å². The number of carbonyl (C=O) groups excluding carboxylic acids is 2. The van der Waals surface area contributed by atoms with Crippen molar-refractivity contribution in [3.05, 3.63) is 200 Å². The molecule has 6 rings (SSSR count). The van der Waals surface area contributed by atoms with Crippen LogP contribution in [0.25, 0.3) is 0 Å². The predicted molar refractivity (Wildman–Crippen MR) is 231 cm³/mol. The van der Waals surface area contributed by atoms with E-state index in [0.717, 1.165) is 34.4 Å². The van der Waals surface area contributed by atoms with Crippen molar-refractivity contribution in [1.82, 2.24) is 5.32 Å². The Hall–Kier alpha value is -6.04. The van der Waals surface area contributed by atoms with Gasteiger partial charge in [0.15, 0.2) is 5.66 Å². The summed E-state index contributed by atoms with van der Waals surface area (Å²) in [5.41, 5.74) is 9.56. The lowest BCUT2D eigenvalue weighted by Gasteiger charge is -2.47. The second-order valence-corrected chi connectivity index (χ2v) is 15.6. The van der Waals surface area contributed by atoms with Gasteiger partial charge in [-0.1, -0.05) is 90.5 Å². The van der Waals surface area contributed by atoms with Crippen molar-refractivity contribution in [1.29, 1.82) is 0 Å². The van der Waals surface area contributed by atoms with Gasteiger partial charge in [0, 0.05) is 35.1 Å². The molecule has 6 nitrogen and oxygen atoms in total. The van der Waals surface area contributed by atoms with Crippen LogP contribution in [0.2, 0.25) is 5.02 Å². The molecule has 6 aromatic carbocycles. The minimum Gasteiger partial charge on any atom is -0.354 e. The van der Waals surface area contributed by atoms with E-state index in [-0.39, 0.29) is 42.1 Å². The van der Waals surface area contributed by atoms with Crippen LogP contribution in [0.3, 0.4) is 0 Å². The summed E-state index contributed by atoms with van der Waals surface area (Å²) in [6, 6.07) is 33.2. The van der Waals surface area contributed by atoms with E-state index < -0.39 is 46.9 Å². The van der Waals surface area contributed by atoms with E-state index in [0.29, 0.717) is 28.6 Å². The number of hydrogen-bond acceptors (Lipinski definition) is 4. The highest BCUT2D eigenvalue weighted by Crippen LogP contribution is 2.41. The van der Waals surface area contributed by atoms with Crippen LogP contribution < -0.4 is 20.9 Å². The van der Waals surface area contributed by atoms with Crippen LogP contribution in [-0.4, -0.2) is 24.9 Å². The van der Waals surface area contributed by atoms with Crippen LogP contribution in [0.1, 0.15) is 56.1 Å². The van der Waals surface area contributed by atoms with Gasteiger partial charge in [-0.05, 0) is 134 Å². The van der Waals surface area contributed by atoms with Gasteiger partial charge in [-0.2, -0.15) is 13.2 Å². The number of alkyl halides is 3. The van der Waals surface area contributed by atoms with Crippen molar-refractivity contribution in [3.63, 3.8) is 0 Å². The first-order valence-electron chi connectivity index (χ1n) is 19.7. The molecule has 316 valence electrons. The van der Waals surface area contributed by atoms with Gasteiger partial charge in [-0.25, -0.2) is 8.78 Å². The van der Waals surface area contributed by atoms with Gasteiger partial charge in [0.25, 0.3) is 5.91 Å². The largest absolute Gasteiger partial charge is 0.416 e. The average Bonchev–Trinajstić information content (AvgIpc) is 3.23. The number of rotatable bonds is 14. The number of amides is 2. The molecule has 0 radical (unpaired) electrons. The summed E-state index contributed by atoms with van der Waals surface area (Å²) in [5.74, 6) is -2.69. The lowest BCUT2D eigenvalue weighted by molar-refractivity contribution is -0.137. The molecule has 0 aromatic heterocycles. The summed E-state index contributed by atoms with van der Waals surface area (Å²) < 4.78 is 71.7. The summed E-state index contributed by atoms with van der Waals surface area (Å²) in [6.07, 6.45) is -4.92. The van der Waals surface area contributed by atoms with Crippen LogP contribution in [-0.2, 0) is 34.3 Å². The predicted octanol–water partition coefficient (Wildman–Crippen LogP) is 10.9. The first kappa shape index (κ1) is 44.5. The SMILES string of the molecule is Cc1ccc(N(CCc2cc(C(F)(F)F)ccc2F)C(=O)[C@](N)(c2ccccc2)N(c2ccc(C)c(C)c2)[C@H](C(=O)NCCc2ccc(Cl)cc2F)c2ccccc2)cc1C. The molecule has 0 aliphatic rings. The quantitative estimate of drug-likeness (QED) is 0.0845. The molecule has 12 heteroatoms. The molecule has 0 spiro atoms. The van der Waals surface area contributed by atoms with Gasteiger partial charge < -0.3 is 15.1 Å². The number of nitrogens with one attached hydrogen (secondary N) is 1. The molecule has 0 aliphatic heterocycles. The molecule has 0 bridgehead atoms. The van der Waals surface area contributed by atoms with Gasteiger partial charge in [0.05, 0.1) is 5.56 Å². The highest BCUT2D eigenvalue weighted by molar-refractivity contribution is 6.30. The van der Waals surface area contributed by atoms with Gasteiger partial charge in [-0.15, -0.1) is 0 Å². The third-order valence-electron chi connectivity index (χ3n) is 11.0.